The highest BCUT2D eigenvalue weighted by Crippen LogP contribution is 2.30. The van der Waals surface area contributed by atoms with Gasteiger partial charge in [-0.3, -0.25) is 10.1 Å². The number of nitrogens with zero attached hydrogens (tertiary/aromatic N) is 2. The molecule has 0 aromatic heterocycles. The van der Waals surface area contributed by atoms with E-state index in [0.717, 1.165) is 19.5 Å². The second-order valence-corrected chi connectivity index (χ2v) is 5.23. The third-order valence-corrected chi connectivity index (χ3v) is 3.72. The fraction of sp³-hybridized carbons (Fsp3) is 0.571. The Morgan fingerprint density at radius 1 is 1.47 bits per heavy atom. The molecule has 0 bridgehead atoms. The normalized spacial score (nSPS) is 19.2. The van der Waals surface area contributed by atoms with Gasteiger partial charge in [0.25, 0.3) is 5.69 Å². The van der Waals surface area contributed by atoms with Crippen molar-refractivity contribution in [1.29, 1.82) is 0 Å². The van der Waals surface area contributed by atoms with E-state index in [-0.39, 0.29) is 10.6 Å². The molecule has 0 amide bonds. The van der Waals surface area contributed by atoms with Crippen LogP contribution in [0.4, 0.5) is 11.4 Å². The number of nitro groups is 1. The molecule has 1 aliphatic heterocycles. The van der Waals surface area contributed by atoms with Crippen LogP contribution in [0.3, 0.4) is 0 Å². The van der Waals surface area contributed by atoms with E-state index >= 15 is 0 Å². The van der Waals surface area contributed by atoms with Crippen molar-refractivity contribution in [2.75, 3.05) is 25.0 Å². The van der Waals surface area contributed by atoms with E-state index in [9.17, 15) is 10.1 Å². The molecule has 1 aliphatic rings. The van der Waals surface area contributed by atoms with E-state index < -0.39 is 0 Å². The Bertz CT molecular complexity index is 456. The number of para-hydroxylation sites is 1. The molecule has 19 heavy (non-hydrogen) atoms. The van der Waals surface area contributed by atoms with Crippen molar-refractivity contribution in [1.82, 2.24) is 5.32 Å². The van der Waals surface area contributed by atoms with Crippen LogP contribution in [0.15, 0.2) is 18.2 Å². The van der Waals surface area contributed by atoms with Gasteiger partial charge in [0, 0.05) is 25.2 Å². The van der Waals surface area contributed by atoms with Gasteiger partial charge < -0.3 is 10.2 Å². The Kier molecular flexibility index (Phi) is 4.37. The monoisotopic (exact) mass is 263 g/mol. The summed E-state index contributed by atoms with van der Waals surface area (Å²) in [5, 5.41) is 14.7. The number of aryl methyl sites for hydroxylation is 1. The Morgan fingerprint density at radius 3 is 2.89 bits per heavy atom. The van der Waals surface area contributed by atoms with Crippen LogP contribution >= 0.6 is 0 Å². The van der Waals surface area contributed by atoms with E-state index in [1.807, 2.05) is 24.1 Å². The topological polar surface area (TPSA) is 58.4 Å². The highest BCUT2D eigenvalue weighted by molar-refractivity contribution is 5.66. The third kappa shape index (κ3) is 3.23. The van der Waals surface area contributed by atoms with Gasteiger partial charge in [-0.1, -0.05) is 18.6 Å². The summed E-state index contributed by atoms with van der Waals surface area (Å²) in [6.07, 6.45) is 3.61. The first-order chi connectivity index (χ1) is 9.09. The summed E-state index contributed by atoms with van der Waals surface area (Å²) in [5.74, 6) is 0. The van der Waals surface area contributed by atoms with E-state index in [0.29, 0.717) is 17.3 Å². The molecule has 0 radical (unpaired) electrons. The van der Waals surface area contributed by atoms with Crippen LogP contribution in [0.1, 0.15) is 24.8 Å². The molecule has 1 aromatic carbocycles. The molecule has 0 aliphatic carbocycles. The highest BCUT2D eigenvalue weighted by Gasteiger charge is 2.22. The largest absolute Gasteiger partial charge is 0.367 e. The number of hydrogen-bond donors (Lipinski definition) is 1. The van der Waals surface area contributed by atoms with E-state index in [1.54, 1.807) is 13.0 Å². The van der Waals surface area contributed by atoms with Crippen molar-refractivity contribution in [2.45, 2.75) is 32.2 Å². The zero-order valence-corrected chi connectivity index (χ0v) is 11.6. The lowest BCUT2D eigenvalue weighted by Crippen LogP contribution is -2.42. The van der Waals surface area contributed by atoms with Crippen LogP contribution in [0.25, 0.3) is 0 Å². The predicted octanol–water partition coefficient (Wildman–Crippen LogP) is 2.48. The number of benzene rings is 1. The van der Waals surface area contributed by atoms with Gasteiger partial charge in [0.2, 0.25) is 0 Å². The maximum atomic E-state index is 11.2. The van der Waals surface area contributed by atoms with Gasteiger partial charge in [0.05, 0.1) is 4.92 Å². The highest BCUT2D eigenvalue weighted by atomic mass is 16.6. The lowest BCUT2D eigenvalue weighted by atomic mass is 10.0. The molecule has 0 spiro atoms. The second-order valence-electron chi connectivity index (χ2n) is 5.23. The van der Waals surface area contributed by atoms with Crippen LogP contribution in [0.5, 0.6) is 0 Å². The van der Waals surface area contributed by atoms with Crippen molar-refractivity contribution in [2.24, 2.45) is 0 Å². The molecule has 104 valence electrons. The summed E-state index contributed by atoms with van der Waals surface area (Å²) in [5.41, 5.74) is 1.64. The zero-order chi connectivity index (χ0) is 13.8. The van der Waals surface area contributed by atoms with Gasteiger partial charge in [-0.2, -0.15) is 0 Å². The minimum Gasteiger partial charge on any atom is -0.367 e. The maximum Gasteiger partial charge on any atom is 0.295 e. The molecule has 1 N–H and O–H groups in total. The Balaban J connectivity index is 2.16. The Morgan fingerprint density at radius 2 is 2.26 bits per heavy atom. The summed E-state index contributed by atoms with van der Waals surface area (Å²) >= 11 is 0. The molecule has 1 unspecified atom stereocenters. The third-order valence-electron chi connectivity index (χ3n) is 3.72. The molecule has 2 rings (SSSR count). The first kappa shape index (κ1) is 13.8. The molecule has 1 heterocycles. The number of nitrogens with one attached hydrogen (secondary N) is 1. The molecule has 1 saturated heterocycles. The minimum absolute atomic E-state index is 0.223. The lowest BCUT2D eigenvalue weighted by Gasteiger charge is -2.29. The van der Waals surface area contributed by atoms with Gasteiger partial charge in [0.1, 0.15) is 5.69 Å². The average molecular weight is 263 g/mol. The minimum atomic E-state index is -0.282. The number of hydrogen-bond acceptors (Lipinski definition) is 4. The van der Waals surface area contributed by atoms with E-state index in [4.69, 9.17) is 0 Å². The fourth-order valence-electron chi connectivity index (χ4n) is 2.70. The fourth-order valence-corrected chi connectivity index (χ4v) is 2.70. The summed E-state index contributed by atoms with van der Waals surface area (Å²) in [7, 11) is 1.93. The van der Waals surface area contributed by atoms with Crippen LogP contribution in [-0.2, 0) is 0 Å². The summed E-state index contributed by atoms with van der Waals surface area (Å²) in [6, 6.07) is 5.92. The van der Waals surface area contributed by atoms with Gasteiger partial charge in [0.15, 0.2) is 0 Å². The summed E-state index contributed by atoms with van der Waals surface area (Å²) < 4.78 is 0. The van der Waals surface area contributed by atoms with E-state index in [2.05, 4.69) is 5.32 Å². The van der Waals surface area contributed by atoms with E-state index in [1.165, 1.54) is 12.8 Å². The number of piperidine rings is 1. The van der Waals surface area contributed by atoms with Gasteiger partial charge >= 0.3 is 0 Å². The number of nitro benzene ring substituents is 1. The second kappa shape index (κ2) is 6.02. The molecule has 1 atom stereocenters. The number of anilines is 1. The summed E-state index contributed by atoms with van der Waals surface area (Å²) in [4.78, 5) is 12.9. The Hall–Kier alpha value is -1.62. The number of rotatable bonds is 4. The molecule has 0 saturated carbocycles. The molecule has 5 heteroatoms. The molecular weight excluding hydrogens is 242 g/mol. The van der Waals surface area contributed by atoms with Gasteiger partial charge in [-0.25, -0.2) is 0 Å². The molecule has 1 aromatic rings. The molecule has 5 nitrogen and oxygen atoms in total. The van der Waals surface area contributed by atoms with Crippen LogP contribution in [-0.4, -0.2) is 31.1 Å². The van der Waals surface area contributed by atoms with Crippen molar-refractivity contribution in [3.05, 3.63) is 33.9 Å². The standard InChI is InChI=1S/C14H21N3O2/c1-11-6-5-8-13(14(11)17(18)19)16(2)10-12-7-3-4-9-15-12/h5-6,8,12,15H,3-4,7,9-10H2,1-2H3. The molecule has 1 fully saturated rings. The SMILES string of the molecule is Cc1cccc(N(C)CC2CCCCN2)c1[N+](=O)[O-]. The smallest absolute Gasteiger partial charge is 0.295 e. The van der Waals surface area contributed by atoms with Crippen molar-refractivity contribution in [3.63, 3.8) is 0 Å². The van der Waals surface area contributed by atoms with Crippen molar-refractivity contribution in [3.8, 4) is 0 Å². The van der Waals surface area contributed by atoms with Crippen molar-refractivity contribution < 1.29 is 4.92 Å². The first-order valence-corrected chi connectivity index (χ1v) is 6.78. The van der Waals surface area contributed by atoms with Gasteiger partial charge in [-0.15, -0.1) is 0 Å². The maximum absolute atomic E-state index is 11.2. The van der Waals surface area contributed by atoms with Gasteiger partial charge in [-0.05, 0) is 32.4 Å². The Labute approximate surface area is 113 Å². The molecular formula is C14H21N3O2. The van der Waals surface area contributed by atoms with Crippen molar-refractivity contribution >= 4 is 11.4 Å². The van der Waals surface area contributed by atoms with Crippen LogP contribution in [0, 0.1) is 17.0 Å². The lowest BCUT2D eigenvalue weighted by molar-refractivity contribution is -0.384. The first-order valence-electron chi connectivity index (χ1n) is 6.78. The van der Waals surface area contributed by atoms with Crippen LogP contribution in [0.2, 0.25) is 0 Å². The number of likely N-dealkylation sites (N-methyl/N-ethyl adjacent to an activating group) is 1. The summed E-state index contributed by atoms with van der Waals surface area (Å²) in [6.45, 7) is 3.65. The average Bonchev–Trinajstić information content (AvgIpc) is 2.39. The zero-order valence-electron chi connectivity index (χ0n) is 11.6. The predicted molar refractivity (Wildman–Crippen MR) is 76.7 cm³/mol. The quantitative estimate of drug-likeness (QED) is 0.669. The van der Waals surface area contributed by atoms with Crippen LogP contribution < -0.4 is 10.2 Å².